The van der Waals surface area contributed by atoms with Gasteiger partial charge in [-0.25, -0.2) is 25.2 Å². The third-order valence-electron chi connectivity index (χ3n) is 5.15. The van der Waals surface area contributed by atoms with Crippen molar-refractivity contribution in [1.29, 1.82) is 0 Å². The van der Waals surface area contributed by atoms with Crippen molar-refractivity contribution in [1.82, 2.24) is 9.29 Å². The number of rotatable bonds is 11. The number of hydrogen-bond acceptors (Lipinski definition) is 6. The molecule has 0 aliphatic heterocycles. The van der Waals surface area contributed by atoms with Crippen molar-refractivity contribution in [3.63, 3.8) is 0 Å². The first-order chi connectivity index (χ1) is 16.1. The summed E-state index contributed by atoms with van der Waals surface area (Å²) in [6.45, 7) is 0.867. The fraction of sp³-hybridized carbons (Fsp3) is 0.304. The zero-order chi connectivity index (χ0) is 24.9. The minimum Gasteiger partial charge on any atom is -0.385 e. The van der Waals surface area contributed by atoms with Crippen LogP contribution >= 0.6 is 0 Å². The molecule has 34 heavy (non-hydrogen) atoms. The summed E-state index contributed by atoms with van der Waals surface area (Å²) in [5.41, 5.74) is 1.18. The second kappa shape index (κ2) is 10.7. The zero-order valence-corrected chi connectivity index (χ0v) is 20.9. The summed E-state index contributed by atoms with van der Waals surface area (Å²) in [6.07, 6.45) is 2.93. The van der Waals surface area contributed by atoms with Gasteiger partial charge in [0.15, 0.2) is 0 Å². The first kappa shape index (κ1) is 25.9. The summed E-state index contributed by atoms with van der Waals surface area (Å²) < 4.78 is 73.9. The van der Waals surface area contributed by atoms with Crippen molar-refractivity contribution in [2.45, 2.75) is 17.9 Å². The van der Waals surface area contributed by atoms with Crippen LogP contribution in [-0.4, -0.2) is 54.4 Å². The molecule has 0 spiro atoms. The highest BCUT2D eigenvalue weighted by Crippen LogP contribution is 2.30. The predicted molar refractivity (Wildman–Crippen MR) is 130 cm³/mol. The molecule has 0 atom stereocenters. The number of anilines is 1. The molecule has 8 nitrogen and oxygen atoms in total. The van der Waals surface area contributed by atoms with E-state index in [1.807, 2.05) is 0 Å². The molecule has 2 aromatic carbocycles. The number of sulfonamides is 1. The smallest absolute Gasteiger partial charge is 0.268 e. The van der Waals surface area contributed by atoms with Crippen LogP contribution in [0.25, 0.3) is 11.3 Å². The molecular weight excluding hydrogens is 481 g/mol. The second-order valence-corrected chi connectivity index (χ2v) is 11.4. The van der Waals surface area contributed by atoms with Crippen LogP contribution in [0.15, 0.2) is 65.7 Å². The van der Waals surface area contributed by atoms with Gasteiger partial charge in [-0.3, -0.25) is 4.31 Å². The van der Waals surface area contributed by atoms with Crippen LogP contribution < -0.4 is 9.62 Å². The standard InChI is InChI=1S/C23H28FN3O5S2/c1-25-16-18-14-23(21-10-4-5-11-22(21)24)27(17-18)34(30,31)20-9-6-8-19(15-20)26(33(3,28)29)12-7-13-32-2/h4-6,8-11,14-15,17,25H,7,12-13,16H2,1-3H3. The lowest BCUT2D eigenvalue weighted by Gasteiger charge is -2.23. The number of hydrogen-bond donors (Lipinski definition) is 1. The minimum atomic E-state index is -4.18. The van der Waals surface area contributed by atoms with Crippen molar-refractivity contribution in [2.75, 3.05) is 37.9 Å². The van der Waals surface area contributed by atoms with Crippen molar-refractivity contribution in [3.05, 3.63) is 72.2 Å². The predicted octanol–water partition coefficient (Wildman–Crippen LogP) is 3.05. The highest BCUT2D eigenvalue weighted by molar-refractivity contribution is 7.92. The third-order valence-corrected chi connectivity index (χ3v) is 8.01. The van der Waals surface area contributed by atoms with E-state index in [4.69, 9.17) is 4.74 Å². The molecule has 0 bridgehead atoms. The molecule has 1 aromatic heterocycles. The SMILES string of the molecule is CNCc1cc(-c2ccccc2F)n(S(=O)(=O)c2cccc(N(CCCOC)S(C)(=O)=O)c2)c1. The van der Waals surface area contributed by atoms with Crippen molar-refractivity contribution in [2.24, 2.45) is 0 Å². The number of nitrogens with zero attached hydrogens (tertiary/aromatic N) is 2. The van der Waals surface area contributed by atoms with Crippen LogP contribution in [0.5, 0.6) is 0 Å². The average Bonchev–Trinajstić information content (AvgIpc) is 3.21. The highest BCUT2D eigenvalue weighted by atomic mass is 32.2. The van der Waals surface area contributed by atoms with E-state index in [1.165, 1.54) is 55.8 Å². The largest absolute Gasteiger partial charge is 0.385 e. The first-order valence-corrected chi connectivity index (χ1v) is 13.8. The van der Waals surface area contributed by atoms with Crippen LogP contribution in [0.4, 0.5) is 10.1 Å². The molecule has 11 heteroatoms. The van der Waals surface area contributed by atoms with Gasteiger partial charge in [0.05, 0.1) is 22.5 Å². The molecule has 184 valence electrons. The maximum atomic E-state index is 14.6. The average molecular weight is 510 g/mol. The van der Waals surface area contributed by atoms with Gasteiger partial charge >= 0.3 is 0 Å². The summed E-state index contributed by atoms with van der Waals surface area (Å²) in [4.78, 5) is -0.116. The molecule has 1 heterocycles. The van der Waals surface area contributed by atoms with Gasteiger partial charge in [0.25, 0.3) is 10.0 Å². The number of methoxy groups -OCH3 is 1. The van der Waals surface area contributed by atoms with E-state index in [1.54, 1.807) is 19.2 Å². The van der Waals surface area contributed by atoms with E-state index in [0.29, 0.717) is 25.1 Å². The Balaban J connectivity index is 2.12. The molecule has 3 rings (SSSR count). The Kier molecular flexibility index (Phi) is 8.13. The number of ether oxygens (including phenoxy) is 1. The van der Waals surface area contributed by atoms with E-state index in [-0.39, 0.29) is 28.4 Å². The lowest BCUT2D eigenvalue weighted by atomic mass is 10.1. The molecule has 0 saturated carbocycles. The van der Waals surface area contributed by atoms with Crippen LogP contribution in [0.2, 0.25) is 0 Å². The lowest BCUT2D eigenvalue weighted by molar-refractivity contribution is 0.197. The quantitative estimate of drug-likeness (QED) is 0.399. The topological polar surface area (TPSA) is 97.7 Å². The van der Waals surface area contributed by atoms with Gasteiger partial charge in [0.2, 0.25) is 10.0 Å². The molecule has 3 aromatic rings. The van der Waals surface area contributed by atoms with Gasteiger partial charge in [0.1, 0.15) is 5.82 Å². The Morgan fingerprint density at radius 2 is 1.79 bits per heavy atom. The van der Waals surface area contributed by atoms with Gasteiger partial charge in [-0.05, 0) is 55.4 Å². The highest BCUT2D eigenvalue weighted by Gasteiger charge is 2.25. The van der Waals surface area contributed by atoms with Crippen LogP contribution in [0, 0.1) is 5.82 Å². The fourth-order valence-corrected chi connectivity index (χ4v) is 6.00. The molecule has 0 amide bonds. The molecule has 0 saturated heterocycles. The summed E-state index contributed by atoms with van der Waals surface area (Å²) in [5.74, 6) is -0.553. The van der Waals surface area contributed by atoms with E-state index in [9.17, 15) is 21.2 Å². The summed E-state index contributed by atoms with van der Waals surface area (Å²) in [5, 5.41) is 2.96. The van der Waals surface area contributed by atoms with Gasteiger partial charge < -0.3 is 10.1 Å². The Morgan fingerprint density at radius 1 is 1.06 bits per heavy atom. The normalized spacial score (nSPS) is 12.1. The molecule has 1 N–H and O–H groups in total. The third kappa shape index (κ3) is 5.66. The molecule has 0 aliphatic carbocycles. The Morgan fingerprint density at radius 3 is 2.44 bits per heavy atom. The second-order valence-electron chi connectivity index (χ2n) is 7.72. The number of halogens is 1. The van der Waals surface area contributed by atoms with E-state index >= 15 is 0 Å². The monoisotopic (exact) mass is 509 g/mol. The summed E-state index contributed by atoms with van der Waals surface area (Å²) in [6, 6.07) is 13.3. The zero-order valence-electron chi connectivity index (χ0n) is 19.2. The van der Waals surface area contributed by atoms with Gasteiger partial charge in [-0.2, -0.15) is 0 Å². The van der Waals surface area contributed by atoms with Gasteiger partial charge in [-0.15, -0.1) is 0 Å². The minimum absolute atomic E-state index is 0.116. The summed E-state index contributed by atoms with van der Waals surface area (Å²) >= 11 is 0. The van der Waals surface area contributed by atoms with Gasteiger partial charge in [-0.1, -0.05) is 18.2 Å². The molecule has 0 radical (unpaired) electrons. The molecule has 0 unspecified atom stereocenters. The van der Waals surface area contributed by atoms with Crippen LogP contribution in [0.1, 0.15) is 12.0 Å². The van der Waals surface area contributed by atoms with E-state index < -0.39 is 25.9 Å². The molecule has 0 fully saturated rings. The van der Waals surface area contributed by atoms with Gasteiger partial charge in [0, 0.05) is 38.6 Å². The number of nitrogens with one attached hydrogen (secondary N) is 1. The maximum absolute atomic E-state index is 14.6. The Hall–Kier alpha value is -2.73. The molecular formula is C23H28FN3O5S2. The lowest BCUT2D eigenvalue weighted by Crippen LogP contribution is -2.31. The van der Waals surface area contributed by atoms with Crippen LogP contribution in [-0.2, 0) is 31.3 Å². The van der Waals surface area contributed by atoms with Crippen molar-refractivity contribution < 1.29 is 26.0 Å². The number of benzene rings is 2. The first-order valence-electron chi connectivity index (χ1n) is 10.5. The summed E-state index contributed by atoms with van der Waals surface area (Å²) in [7, 11) is -4.61. The van der Waals surface area contributed by atoms with Crippen molar-refractivity contribution in [3.8, 4) is 11.3 Å². The van der Waals surface area contributed by atoms with Crippen LogP contribution in [0.3, 0.4) is 0 Å². The van der Waals surface area contributed by atoms with E-state index in [2.05, 4.69) is 5.32 Å². The number of aromatic nitrogens is 1. The molecule has 0 aliphatic rings. The maximum Gasteiger partial charge on any atom is 0.268 e. The Labute approximate surface area is 200 Å². The van der Waals surface area contributed by atoms with Crippen molar-refractivity contribution >= 4 is 25.7 Å². The van der Waals surface area contributed by atoms with E-state index in [0.717, 1.165) is 14.5 Å². The Bertz CT molecular complexity index is 1350. The fourth-order valence-electron chi connectivity index (χ4n) is 3.61.